The second kappa shape index (κ2) is 7.54. The Morgan fingerprint density at radius 3 is 2.03 bits per heavy atom. The number of benzene rings is 4. The molecule has 3 heteroatoms. The summed E-state index contributed by atoms with van der Waals surface area (Å²) in [6, 6.07) is 34.5. The molecule has 0 radical (unpaired) electrons. The van der Waals surface area contributed by atoms with E-state index in [9.17, 15) is 0 Å². The van der Waals surface area contributed by atoms with E-state index in [1.165, 1.54) is 38.9 Å². The molecule has 4 aromatic carbocycles. The van der Waals surface area contributed by atoms with Gasteiger partial charge in [0, 0.05) is 27.5 Å². The molecule has 2 aliphatic carbocycles. The lowest BCUT2D eigenvalue weighted by Gasteiger charge is -2.21. The minimum Gasteiger partial charge on any atom is -0.436 e. The molecule has 3 nitrogen and oxygen atoms in total. The molecule has 188 valence electrons. The molecule has 2 heterocycles. The van der Waals surface area contributed by atoms with Gasteiger partial charge in [0.05, 0.1) is 11.4 Å². The molecule has 6 aromatic rings. The predicted molar refractivity (Wildman–Crippen MR) is 158 cm³/mol. The van der Waals surface area contributed by atoms with Crippen molar-refractivity contribution >= 4 is 11.1 Å². The SMILES string of the molecule is CC1(C)c2ccccc2-c2ccc(-c3nc4ccc(-c5ccc6c(n5)-c5ccccc5C6(C)C)cc4o3)cc21. The highest BCUT2D eigenvalue weighted by atomic mass is 16.3. The molecule has 0 N–H and O–H groups in total. The third-order valence-electron chi connectivity index (χ3n) is 8.94. The second-order valence-corrected chi connectivity index (χ2v) is 11.9. The van der Waals surface area contributed by atoms with Gasteiger partial charge in [0.15, 0.2) is 5.58 Å². The molecule has 0 atom stereocenters. The van der Waals surface area contributed by atoms with E-state index in [0.29, 0.717) is 5.89 Å². The van der Waals surface area contributed by atoms with Crippen molar-refractivity contribution < 1.29 is 4.42 Å². The molecule has 0 saturated heterocycles. The van der Waals surface area contributed by atoms with Crippen LogP contribution in [0.1, 0.15) is 49.9 Å². The van der Waals surface area contributed by atoms with E-state index in [4.69, 9.17) is 14.4 Å². The zero-order valence-electron chi connectivity index (χ0n) is 22.5. The van der Waals surface area contributed by atoms with Crippen LogP contribution in [0.3, 0.4) is 0 Å². The van der Waals surface area contributed by atoms with Crippen LogP contribution < -0.4 is 0 Å². The fourth-order valence-electron chi connectivity index (χ4n) is 6.75. The molecular weight excluding hydrogens is 476 g/mol. The number of pyridine rings is 1. The van der Waals surface area contributed by atoms with Crippen molar-refractivity contribution in [3.8, 4) is 45.1 Å². The summed E-state index contributed by atoms with van der Waals surface area (Å²) < 4.78 is 6.36. The van der Waals surface area contributed by atoms with Crippen molar-refractivity contribution in [3.63, 3.8) is 0 Å². The Kier molecular flexibility index (Phi) is 4.35. The number of oxazole rings is 1. The van der Waals surface area contributed by atoms with Crippen LogP contribution in [0, 0.1) is 0 Å². The number of rotatable bonds is 2. The van der Waals surface area contributed by atoms with E-state index < -0.39 is 0 Å². The van der Waals surface area contributed by atoms with Gasteiger partial charge in [-0.1, -0.05) is 94.4 Å². The highest BCUT2D eigenvalue weighted by Gasteiger charge is 2.37. The van der Waals surface area contributed by atoms with E-state index >= 15 is 0 Å². The van der Waals surface area contributed by atoms with Gasteiger partial charge in [-0.05, 0) is 63.7 Å². The van der Waals surface area contributed by atoms with Crippen molar-refractivity contribution in [2.75, 3.05) is 0 Å². The van der Waals surface area contributed by atoms with Crippen LogP contribution in [0.2, 0.25) is 0 Å². The monoisotopic (exact) mass is 504 g/mol. The summed E-state index contributed by atoms with van der Waals surface area (Å²) in [4.78, 5) is 10.0. The van der Waals surface area contributed by atoms with E-state index in [-0.39, 0.29) is 10.8 Å². The molecule has 2 aromatic heterocycles. The molecule has 0 amide bonds. The average molecular weight is 505 g/mol. The first-order chi connectivity index (χ1) is 18.8. The molecule has 0 bridgehead atoms. The van der Waals surface area contributed by atoms with Crippen molar-refractivity contribution in [1.82, 2.24) is 9.97 Å². The predicted octanol–water partition coefficient (Wildman–Crippen LogP) is 9.17. The van der Waals surface area contributed by atoms with Gasteiger partial charge in [-0.3, -0.25) is 0 Å². The summed E-state index contributed by atoms with van der Waals surface area (Å²) in [5.74, 6) is 0.647. The van der Waals surface area contributed by atoms with Crippen molar-refractivity contribution in [1.29, 1.82) is 0 Å². The molecule has 0 fully saturated rings. The Labute approximate surface area is 228 Å². The lowest BCUT2D eigenvalue weighted by atomic mass is 9.82. The van der Waals surface area contributed by atoms with Crippen LogP contribution in [-0.4, -0.2) is 9.97 Å². The number of fused-ring (bicyclic) bond motifs is 7. The molecule has 8 rings (SSSR count). The van der Waals surface area contributed by atoms with Crippen LogP contribution in [0.25, 0.3) is 56.2 Å². The van der Waals surface area contributed by atoms with Gasteiger partial charge in [-0.25, -0.2) is 9.97 Å². The maximum atomic E-state index is 6.36. The third-order valence-corrected chi connectivity index (χ3v) is 8.94. The number of nitrogens with zero attached hydrogens (tertiary/aromatic N) is 2. The second-order valence-electron chi connectivity index (χ2n) is 11.9. The average Bonchev–Trinajstić information content (AvgIpc) is 3.56. The maximum absolute atomic E-state index is 6.36. The van der Waals surface area contributed by atoms with Crippen molar-refractivity contribution in [2.24, 2.45) is 0 Å². The van der Waals surface area contributed by atoms with Crippen LogP contribution >= 0.6 is 0 Å². The van der Waals surface area contributed by atoms with Crippen LogP contribution in [0.4, 0.5) is 0 Å². The Morgan fingerprint density at radius 2 is 1.21 bits per heavy atom. The molecule has 0 unspecified atom stereocenters. The van der Waals surface area contributed by atoms with E-state index in [1.54, 1.807) is 0 Å². The molecule has 39 heavy (non-hydrogen) atoms. The maximum Gasteiger partial charge on any atom is 0.227 e. The Balaban J connectivity index is 1.19. The molecule has 0 spiro atoms. The summed E-state index contributed by atoms with van der Waals surface area (Å²) >= 11 is 0. The van der Waals surface area contributed by atoms with Crippen LogP contribution in [0.15, 0.2) is 101 Å². The quantitative estimate of drug-likeness (QED) is 0.236. The minimum absolute atomic E-state index is 0.0486. The van der Waals surface area contributed by atoms with Gasteiger partial charge >= 0.3 is 0 Å². The minimum atomic E-state index is -0.0620. The summed E-state index contributed by atoms with van der Waals surface area (Å²) in [7, 11) is 0. The van der Waals surface area contributed by atoms with Gasteiger partial charge in [-0.2, -0.15) is 0 Å². The standard InChI is InChI=1S/C36H28N2O/c1-35(2)27-12-8-6-10-25(27)33-28(35)16-18-30(37-33)21-14-17-31-32(20-21)39-34(38-31)22-13-15-24-23-9-5-7-11-26(23)36(3,4)29(24)19-22/h5-20H,1-4H3. The highest BCUT2D eigenvalue weighted by Crippen LogP contribution is 2.50. The van der Waals surface area contributed by atoms with Gasteiger partial charge < -0.3 is 4.42 Å². The fourth-order valence-corrected chi connectivity index (χ4v) is 6.75. The topological polar surface area (TPSA) is 38.9 Å². The van der Waals surface area contributed by atoms with E-state index in [0.717, 1.165) is 33.6 Å². The summed E-state index contributed by atoms with van der Waals surface area (Å²) in [5, 5.41) is 0. The summed E-state index contributed by atoms with van der Waals surface area (Å²) in [6.07, 6.45) is 0. The molecule has 2 aliphatic rings. The first-order valence-corrected chi connectivity index (χ1v) is 13.6. The highest BCUT2D eigenvalue weighted by molar-refractivity contribution is 5.86. The van der Waals surface area contributed by atoms with Gasteiger partial charge in [-0.15, -0.1) is 0 Å². The Hall–Kier alpha value is -4.50. The first-order valence-electron chi connectivity index (χ1n) is 13.6. The van der Waals surface area contributed by atoms with Crippen molar-refractivity contribution in [3.05, 3.63) is 119 Å². The van der Waals surface area contributed by atoms with E-state index in [1.807, 2.05) is 6.07 Å². The molecule has 0 aliphatic heterocycles. The van der Waals surface area contributed by atoms with Crippen molar-refractivity contribution in [2.45, 2.75) is 38.5 Å². The number of hydrogen-bond donors (Lipinski definition) is 0. The van der Waals surface area contributed by atoms with Gasteiger partial charge in [0.1, 0.15) is 5.52 Å². The largest absolute Gasteiger partial charge is 0.436 e. The summed E-state index contributed by atoms with van der Waals surface area (Å²) in [6.45, 7) is 9.14. The normalized spacial score (nSPS) is 15.6. The lowest BCUT2D eigenvalue weighted by Crippen LogP contribution is -2.14. The third kappa shape index (κ3) is 3.04. The Morgan fingerprint density at radius 1 is 0.538 bits per heavy atom. The molecular formula is C36H28N2O. The molecule has 0 saturated carbocycles. The van der Waals surface area contributed by atoms with Crippen LogP contribution in [-0.2, 0) is 10.8 Å². The van der Waals surface area contributed by atoms with Gasteiger partial charge in [0.2, 0.25) is 5.89 Å². The fraction of sp³-hybridized carbons (Fsp3) is 0.167. The van der Waals surface area contributed by atoms with E-state index in [2.05, 4.69) is 119 Å². The zero-order chi connectivity index (χ0) is 26.5. The van der Waals surface area contributed by atoms with Gasteiger partial charge in [0.25, 0.3) is 0 Å². The Bertz CT molecular complexity index is 1970. The summed E-state index contributed by atoms with van der Waals surface area (Å²) in [5.41, 5.74) is 14.7. The van der Waals surface area contributed by atoms with Crippen LogP contribution in [0.5, 0.6) is 0 Å². The zero-order valence-corrected chi connectivity index (χ0v) is 22.5. The number of hydrogen-bond acceptors (Lipinski definition) is 3. The lowest BCUT2D eigenvalue weighted by molar-refractivity contribution is 0.618. The number of aromatic nitrogens is 2. The first kappa shape index (κ1) is 22.5. The smallest absolute Gasteiger partial charge is 0.227 e.